The van der Waals surface area contributed by atoms with Crippen molar-refractivity contribution in [3.8, 4) is 0 Å². The number of carbonyl (C=O) groups excluding carboxylic acids is 1. The number of amides is 1. The van der Waals surface area contributed by atoms with Crippen LogP contribution in [0.3, 0.4) is 0 Å². The van der Waals surface area contributed by atoms with Gasteiger partial charge in [0.2, 0.25) is 5.91 Å². The van der Waals surface area contributed by atoms with Gasteiger partial charge in [-0.1, -0.05) is 28.1 Å². The molecular formula is C16H16Br2N2O. The van der Waals surface area contributed by atoms with E-state index in [1.165, 1.54) is 0 Å². The zero-order chi connectivity index (χ0) is 15.4. The maximum Gasteiger partial charge on any atom is 0.243 e. The Morgan fingerprint density at radius 1 is 1.10 bits per heavy atom. The summed E-state index contributed by atoms with van der Waals surface area (Å²) in [4.78, 5) is 12.0. The minimum Gasteiger partial charge on any atom is -0.376 e. The average molecular weight is 412 g/mol. The molecule has 2 aromatic rings. The lowest BCUT2D eigenvalue weighted by atomic mass is 10.1. The van der Waals surface area contributed by atoms with E-state index in [9.17, 15) is 4.79 Å². The summed E-state index contributed by atoms with van der Waals surface area (Å²) in [7, 11) is 0. The highest BCUT2D eigenvalue weighted by Crippen LogP contribution is 2.25. The summed E-state index contributed by atoms with van der Waals surface area (Å²) in [6, 6.07) is 11.6. The Morgan fingerprint density at radius 3 is 2.33 bits per heavy atom. The lowest BCUT2D eigenvalue weighted by molar-refractivity contribution is -0.114. The van der Waals surface area contributed by atoms with Gasteiger partial charge in [0.05, 0.1) is 12.2 Å². The van der Waals surface area contributed by atoms with Crippen LogP contribution in [0.5, 0.6) is 0 Å². The fourth-order valence-corrected chi connectivity index (χ4v) is 3.19. The van der Waals surface area contributed by atoms with Crippen molar-refractivity contribution in [2.75, 3.05) is 17.2 Å². The van der Waals surface area contributed by atoms with Crippen molar-refractivity contribution in [1.29, 1.82) is 0 Å². The van der Waals surface area contributed by atoms with Gasteiger partial charge in [-0.2, -0.15) is 0 Å². The first-order valence-corrected chi connectivity index (χ1v) is 8.11. The molecule has 0 atom stereocenters. The Hall–Kier alpha value is -1.33. The lowest BCUT2D eigenvalue weighted by Crippen LogP contribution is -2.22. The van der Waals surface area contributed by atoms with Gasteiger partial charge in [-0.3, -0.25) is 4.79 Å². The number of anilines is 2. The molecule has 0 fully saturated rings. The SMILES string of the molecule is Cc1cc(Br)cc(C)c1NCC(=O)Nc1ccccc1Br. The van der Waals surface area contributed by atoms with E-state index in [2.05, 4.69) is 42.5 Å². The number of benzene rings is 2. The minimum atomic E-state index is -0.0800. The fourth-order valence-electron chi connectivity index (χ4n) is 2.12. The van der Waals surface area contributed by atoms with Crippen LogP contribution in [0.4, 0.5) is 11.4 Å². The predicted octanol–water partition coefficient (Wildman–Crippen LogP) is 4.88. The van der Waals surface area contributed by atoms with Gasteiger partial charge in [0, 0.05) is 14.6 Å². The van der Waals surface area contributed by atoms with Gasteiger partial charge in [-0.15, -0.1) is 0 Å². The molecule has 0 heterocycles. The van der Waals surface area contributed by atoms with Crippen molar-refractivity contribution in [2.24, 2.45) is 0 Å². The van der Waals surface area contributed by atoms with Crippen LogP contribution in [0.2, 0.25) is 0 Å². The molecule has 2 rings (SSSR count). The molecule has 110 valence electrons. The third-order valence-electron chi connectivity index (χ3n) is 3.07. The predicted molar refractivity (Wildman–Crippen MR) is 94.9 cm³/mol. The molecule has 0 saturated carbocycles. The van der Waals surface area contributed by atoms with E-state index in [0.29, 0.717) is 0 Å². The van der Waals surface area contributed by atoms with E-state index < -0.39 is 0 Å². The summed E-state index contributed by atoms with van der Waals surface area (Å²) in [5, 5.41) is 6.07. The number of carbonyl (C=O) groups is 1. The third-order valence-corrected chi connectivity index (χ3v) is 4.22. The maximum atomic E-state index is 12.0. The number of para-hydroxylation sites is 1. The molecule has 5 heteroatoms. The summed E-state index contributed by atoms with van der Waals surface area (Å²) in [6.45, 7) is 4.27. The second-order valence-corrected chi connectivity index (χ2v) is 6.57. The van der Waals surface area contributed by atoms with E-state index in [1.54, 1.807) is 0 Å². The van der Waals surface area contributed by atoms with Gasteiger partial charge in [-0.05, 0) is 65.2 Å². The quantitative estimate of drug-likeness (QED) is 0.752. The van der Waals surface area contributed by atoms with Crippen LogP contribution < -0.4 is 10.6 Å². The largest absolute Gasteiger partial charge is 0.376 e. The molecular weight excluding hydrogens is 396 g/mol. The van der Waals surface area contributed by atoms with Crippen LogP contribution >= 0.6 is 31.9 Å². The van der Waals surface area contributed by atoms with Crippen molar-refractivity contribution >= 4 is 49.1 Å². The summed E-state index contributed by atoms with van der Waals surface area (Å²) >= 11 is 6.88. The third kappa shape index (κ3) is 4.32. The van der Waals surface area contributed by atoms with Crippen molar-refractivity contribution < 1.29 is 4.79 Å². The van der Waals surface area contributed by atoms with Crippen molar-refractivity contribution in [3.05, 3.63) is 56.5 Å². The molecule has 0 aliphatic heterocycles. The zero-order valence-corrected chi connectivity index (χ0v) is 15.0. The van der Waals surface area contributed by atoms with E-state index in [0.717, 1.165) is 31.4 Å². The molecule has 0 unspecified atom stereocenters. The molecule has 0 aromatic heterocycles. The molecule has 3 nitrogen and oxygen atoms in total. The Bertz CT molecular complexity index is 648. The molecule has 0 spiro atoms. The Balaban J connectivity index is 2.01. The zero-order valence-electron chi connectivity index (χ0n) is 11.8. The number of rotatable bonds is 4. The fraction of sp³-hybridized carbons (Fsp3) is 0.188. The van der Waals surface area contributed by atoms with Crippen LogP contribution in [0, 0.1) is 13.8 Å². The highest BCUT2D eigenvalue weighted by Gasteiger charge is 2.08. The summed E-state index contributed by atoms with van der Waals surface area (Å²) in [5.41, 5.74) is 3.99. The molecule has 21 heavy (non-hydrogen) atoms. The molecule has 2 aromatic carbocycles. The summed E-state index contributed by atoms with van der Waals surface area (Å²) < 4.78 is 1.91. The van der Waals surface area contributed by atoms with Gasteiger partial charge >= 0.3 is 0 Å². The van der Waals surface area contributed by atoms with Gasteiger partial charge in [0.1, 0.15) is 0 Å². The van der Waals surface area contributed by atoms with E-state index >= 15 is 0 Å². The monoisotopic (exact) mass is 410 g/mol. The number of aryl methyl sites for hydroxylation is 2. The van der Waals surface area contributed by atoms with Gasteiger partial charge in [0.25, 0.3) is 0 Å². The Labute approximate surface area is 141 Å². The van der Waals surface area contributed by atoms with Crippen LogP contribution in [0.1, 0.15) is 11.1 Å². The molecule has 1 amide bonds. The Kier molecular flexibility index (Phi) is 5.42. The second kappa shape index (κ2) is 7.09. The first-order chi connectivity index (χ1) is 9.97. The topological polar surface area (TPSA) is 41.1 Å². The van der Waals surface area contributed by atoms with Gasteiger partial charge < -0.3 is 10.6 Å². The average Bonchev–Trinajstić information content (AvgIpc) is 2.40. The highest BCUT2D eigenvalue weighted by atomic mass is 79.9. The van der Waals surface area contributed by atoms with E-state index in [4.69, 9.17) is 0 Å². The molecule has 0 aliphatic carbocycles. The van der Waals surface area contributed by atoms with Crippen molar-refractivity contribution in [3.63, 3.8) is 0 Å². The normalized spacial score (nSPS) is 10.3. The summed E-state index contributed by atoms with van der Waals surface area (Å²) in [6.07, 6.45) is 0. The molecule has 0 bridgehead atoms. The lowest BCUT2D eigenvalue weighted by Gasteiger charge is -2.14. The smallest absolute Gasteiger partial charge is 0.243 e. The molecule has 2 N–H and O–H groups in total. The van der Waals surface area contributed by atoms with E-state index in [1.807, 2.05) is 50.2 Å². The van der Waals surface area contributed by atoms with Crippen LogP contribution in [-0.2, 0) is 4.79 Å². The number of hydrogen-bond acceptors (Lipinski definition) is 2. The molecule has 0 saturated heterocycles. The Morgan fingerprint density at radius 2 is 1.71 bits per heavy atom. The van der Waals surface area contributed by atoms with Gasteiger partial charge in [-0.25, -0.2) is 0 Å². The maximum absolute atomic E-state index is 12.0. The molecule has 0 aliphatic rings. The van der Waals surface area contributed by atoms with Gasteiger partial charge in [0.15, 0.2) is 0 Å². The standard InChI is InChI=1S/C16H16Br2N2O/c1-10-7-12(17)8-11(2)16(10)19-9-15(21)20-14-6-4-3-5-13(14)18/h3-8,19H,9H2,1-2H3,(H,20,21). The van der Waals surface area contributed by atoms with Crippen molar-refractivity contribution in [1.82, 2.24) is 0 Å². The van der Waals surface area contributed by atoms with Crippen LogP contribution in [0.15, 0.2) is 45.3 Å². The van der Waals surface area contributed by atoms with Crippen LogP contribution in [-0.4, -0.2) is 12.5 Å². The number of halogens is 2. The first-order valence-electron chi connectivity index (χ1n) is 6.52. The molecule has 0 radical (unpaired) electrons. The highest BCUT2D eigenvalue weighted by molar-refractivity contribution is 9.10. The van der Waals surface area contributed by atoms with E-state index in [-0.39, 0.29) is 12.5 Å². The first kappa shape index (κ1) is 16.0. The number of nitrogens with one attached hydrogen (secondary N) is 2. The second-order valence-electron chi connectivity index (χ2n) is 4.80. The van der Waals surface area contributed by atoms with Crippen LogP contribution in [0.25, 0.3) is 0 Å². The summed E-state index contributed by atoms with van der Waals surface area (Å²) in [5.74, 6) is -0.0800. The number of hydrogen-bond donors (Lipinski definition) is 2. The van der Waals surface area contributed by atoms with Crippen molar-refractivity contribution in [2.45, 2.75) is 13.8 Å². The minimum absolute atomic E-state index is 0.0800.